The van der Waals surface area contributed by atoms with Crippen molar-refractivity contribution in [1.82, 2.24) is 0 Å². The monoisotopic (exact) mass is 187 g/mol. The first-order chi connectivity index (χ1) is 3.71. The van der Waals surface area contributed by atoms with Crippen LogP contribution in [0.2, 0.25) is 0 Å². The van der Waals surface area contributed by atoms with E-state index in [1.54, 1.807) is 6.42 Å². The molecule has 0 atom stereocenters. The molecule has 0 amide bonds. The SMILES string of the molecule is CC(C)(C)[CH]C(Cl)(Cl)Cl. The second kappa shape index (κ2) is 2.86. The van der Waals surface area contributed by atoms with Crippen molar-refractivity contribution in [3.63, 3.8) is 0 Å². The minimum atomic E-state index is -1.22. The lowest BCUT2D eigenvalue weighted by Crippen LogP contribution is -2.17. The highest BCUT2D eigenvalue weighted by Gasteiger charge is 2.27. The molecule has 3 heteroatoms. The Morgan fingerprint density at radius 3 is 1.33 bits per heavy atom. The number of alkyl halides is 3. The molecule has 0 rings (SSSR count). The Balaban J connectivity index is 3.75. The zero-order chi connectivity index (χ0) is 7.71. The van der Waals surface area contributed by atoms with Gasteiger partial charge in [0.15, 0.2) is 3.79 Å². The first-order valence-corrected chi connectivity index (χ1v) is 3.78. The van der Waals surface area contributed by atoms with Crippen molar-refractivity contribution in [3.05, 3.63) is 6.42 Å². The van der Waals surface area contributed by atoms with Gasteiger partial charge in [0.25, 0.3) is 0 Å². The molecule has 0 fully saturated rings. The molecule has 0 aromatic rings. The van der Waals surface area contributed by atoms with Crippen molar-refractivity contribution in [1.29, 1.82) is 0 Å². The van der Waals surface area contributed by atoms with Crippen LogP contribution < -0.4 is 0 Å². The predicted molar refractivity (Wildman–Crippen MR) is 44.0 cm³/mol. The van der Waals surface area contributed by atoms with Crippen LogP contribution in [0.1, 0.15) is 20.8 Å². The minimum Gasteiger partial charge on any atom is -0.0833 e. The Labute approximate surface area is 71.5 Å². The van der Waals surface area contributed by atoms with Crippen LogP contribution in [0.25, 0.3) is 0 Å². The molecule has 0 nitrogen and oxygen atoms in total. The van der Waals surface area contributed by atoms with Crippen molar-refractivity contribution in [2.45, 2.75) is 24.6 Å². The second-order valence-corrected chi connectivity index (χ2v) is 5.42. The summed E-state index contributed by atoms with van der Waals surface area (Å²) in [5.41, 5.74) is -0.0365. The van der Waals surface area contributed by atoms with Crippen LogP contribution in [0.3, 0.4) is 0 Å². The quantitative estimate of drug-likeness (QED) is 0.510. The van der Waals surface area contributed by atoms with Gasteiger partial charge in [-0.15, -0.1) is 0 Å². The summed E-state index contributed by atoms with van der Waals surface area (Å²) in [7, 11) is 0. The molecule has 0 spiro atoms. The Morgan fingerprint density at radius 1 is 1.00 bits per heavy atom. The average molecular weight is 189 g/mol. The highest BCUT2D eigenvalue weighted by atomic mass is 35.6. The van der Waals surface area contributed by atoms with Crippen LogP contribution in [0.4, 0.5) is 0 Å². The van der Waals surface area contributed by atoms with E-state index in [9.17, 15) is 0 Å². The van der Waals surface area contributed by atoms with E-state index in [1.165, 1.54) is 0 Å². The first-order valence-electron chi connectivity index (χ1n) is 2.64. The minimum absolute atomic E-state index is 0.0365. The molecule has 0 saturated carbocycles. The van der Waals surface area contributed by atoms with E-state index in [2.05, 4.69) is 0 Å². The van der Waals surface area contributed by atoms with Gasteiger partial charge >= 0.3 is 0 Å². The van der Waals surface area contributed by atoms with Gasteiger partial charge in [0.2, 0.25) is 0 Å². The largest absolute Gasteiger partial charge is 0.194 e. The third-order valence-electron chi connectivity index (χ3n) is 0.597. The fourth-order valence-electron chi connectivity index (χ4n) is 0.491. The topological polar surface area (TPSA) is 0 Å². The van der Waals surface area contributed by atoms with Gasteiger partial charge in [0.1, 0.15) is 0 Å². The highest BCUT2D eigenvalue weighted by Crippen LogP contribution is 2.37. The van der Waals surface area contributed by atoms with Gasteiger partial charge in [-0.25, -0.2) is 0 Å². The molecule has 55 valence electrons. The molecule has 0 unspecified atom stereocenters. The standard InChI is InChI=1S/C6H10Cl3/c1-5(2,3)4-6(7,8)9/h4H,1-3H3. The molecule has 0 aromatic carbocycles. The van der Waals surface area contributed by atoms with Crippen molar-refractivity contribution < 1.29 is 0 Å². The molecule has 0 saturated heterocycles. The van der Waals surface area contributed by atoms with E-state index >= 15 is 0 Å². The van der Waals surface area contributed by atoms with Crippen molar-refractivity contribution in [3.8, 4) is 0 Å². The third kappa shape index (κ3) is 8.87. The highest BCUT2D eigenvalue weighted by molar-refractivity contribution is 6.68. The molecular formula is C6H10Cl3. The Bertz CT molecular complexity index is 73.5. The van der Waals surface area contributed by atoms with Gasteiger partial charge in [-0.1, -0.05) is 55.6 Å². The number of hydrogen-bond acceptors (Lipinski definition) is 0. The smallest absolute Gasteiger partial charge is 0.0833 e. The van der Waals surface area contributed by atoms with Crippen LogP contribution >= 0.6 is 34.8 Å². The molecule has 0 aliphatic carbocycles. The maximum Gasteiger partial charge on any atom is 0.194 e. The van der Waals surface area contributed by atoms with Gasteiger partial charge in [-0.3, -0.25) is 0 Å². The molecule has 0 aliphatic rings. The van der Waals surface area contributed by atoms with E-state index in [4.69, 9.17) is 34.8 Å². The van der Waals surface area contributed by atoms with Crippen LogP contribution in [-0.2, 0) is 0 Å². The second-order valence-electron chi connectivity index (χ2n) is 3.05. The lowest BCUT2D eigenvalue weighted by Gasteiger charge is -2.22. The fraction of sp³-hybridized carbons (Fsp3) is 0.833. The average Bonchev–Trinajstić information content (AvgIpc) is 1.14. The summed E-state index contributed by atoms with van der Waals surface area (Å²) in [6.45, 7) is 5.94. The zero-order valence-corrected chi connectivity index (χ0v) is 7.98. The first kappa shape index (κ1) is 9.87. The number of hydrogen-bond donors (Lipinski definition) is 0. The summed E-state index contributed by atoms with van der Waals surface area (Å²) in [6, 6.07) is 0. The van der Waals surface area contributed by atoms with Gasteiger partial charge < -0.3 is 0 Å². The van der Waals surface area contributed by atoms with Crippen molar-refractivity contribution in [2.24, 2.45) is 5.41 Å². The summed E-state index contributed by atoms with van der Waals surface area (Å²) in [6.07, 6.45) is 1.67. The van der Waals surface area contributed by atoms with Crippen molar-refractivity contribution >= 4 is 34.8 Å². The molecule has 0 aromatic heterocycles. The van der Waals surface area contributed by atoms with E-state index in [1.807, 2.05) is 20.8 Å². The van der Waals surface area contributed by atoms with Crippen molar-refractivity contribution in [2.75, 3.05) is 0 Å². The molecule has 1 radical (unpaired) electrons. The number of rotatable bonds is 0. The molecule has 0 heterocycles. The lowest BCUT2D eigenvalue weighted by molar-refractivity contribution is 0.486. The normalized spacial score (nSPS) is 14.0. The van der Waals surface area contributed by atoms with Crippen LogP contribution in [0.5, 0.6) is 0 Å². The van der Waals surface area contributed by atoms with Gasteiger partial charge in [0.05, 0.1) is 0 Å². The number of halogens is 3. The van der Waals surface area contributed by atoms with E-state index in [-0.39, 0.29) is 5.41 Å². The Hall–Kier alpha value is 0.870. The summed E-state index contributed by atoms with van der Waals surface area (Å²) >= 11 is 16.5. The molecule has 9 heavy (non-hydrogen) atoms. The molecule has 0 aliphatic heterocycles. The van der Waals surface area contributed by atoms with E-state index in [0.717, 1.165) is 0 Å². The van der Waals surface area contributed by atoms with E-state index in [0.29, 0.717) is 0 Å². The summed E-state index contributed by atoms with van der Waals surface area (Å²) in [5.74, 6) is 0. The van der Waals surface area contributed by atoms with E-state index < -0.39 is 3.79 Å². The zero-order valence-electron chi connectivity index (χ0n) is 5.71. The maximum absolute atomic E-state index is 5.49. The van der Waals surface area contributed by atoms with Gasteiger partial charge in [-0.2, -0.15) is 0 Å². The Kier molecular flexibility index (Phi) is 3.13. The molecular weight excluding hydrogens is 178 g/mol. The Morgan fingerprint density at radius 2 is 1.33 bits per heavy atom. The summed E-state index contributed by atoms with van der Waals surface area (Å²) < 4.78 is -1.22. The van der Waals surface area contributed by atoms with Crippen LogP contribution in [0, 0.1) is 11.8 Å². The summed E-state index contributed by atoms with van der Waals surface area (Å²) in [4.78, 5) is 0. The molecule has 0 N–H and O–H groups in total. The van der Waals surface area contributed by atoms with Gasteiger partial charge in [0, 0.05) is 6.42 Å². The maximum atomic E-state index is 5.49. The third-order valence-corrected chi connectivity index (χ3v) is 0.924. The van der Waals surface area contributed by atoms with Gasteiger partial charge in [-0.05, 0) is 5.41 Å². The lowest BCUT2D eigenvalue weighted by atomic mass is 9.93. The fourth-order valence-corrected chi connectivity index (χ4v) is 1.47. The van der Waals surface area contributed by atoms with Crippen LogP contribution in [-0.4, -0.2) is 3.79 Å². The predicted octanol–water partition coefficient (Wildman–Crippen LogP) is 3.61. The summed E-state index contributed by atoms with van der Waals surface area (Å²) in [5, 5.41) is 0. The van der Waals surface area contributed by atoms with Crippen LogP contribution in [0.15, 0.2) is 0 Å². The molecule has 0 bridgehead atoms.